The molecule has 0 rings (SSSR count). The number of carbonyl (C=O) groups excluding carboxylic acids is 2. The standard InChI is InChI=1S/C12H22O7/c1-3-4-5-6-9(11(16)10(15)7-13)12(17)19-18-8(2)14/h9-11,13,15-16H,3-7H2,1-2H3. The molecular formula is C12H22O7. The van der Waals surface area contributed by atoms with Crippen LogP contribution in [0.15, 0.2) is 0 Å². The predicted molar refractivity (Wildman–Crippen MR) is 64.6 cm³/mol. The monoisotopic (exact) mass is 278 g/mol. The molecule has 3 atom stereocenters. The highest BCUT2D eigenvalue weighted by Gasteiger charge is 2.33. The third-order valence-corrected chi connectivity index (χ3v) is 2.66. The van der Waals surface area contributed by atoms with E-state index in [9.17, 15) is 19.8 Å². The van der Waals surface area contributed by atoms with Crippen LogP contribution in [-0.4, -0.2) is 46.1 Å². The summed E-state index contributed by atoms with van der Waals surface area (Å²) in [4.78, 5) is 30.6. The fraction of sp³-hybridized carbons (Fsp3) is 0.833. The van der Waals surface area contributed by atoms with Gasteiger partial charge in [0.15, 0.2) is 0 Å². The van der Waals surface area contributed by atoms with Crippen LogP contribution >= 0.6 is 0 Å². The quantitative estimate of drug-likeness (QED) is 0.323. The molecule has 112 valence electrons. The lowest BCUT2D eigenvalue weighted by Crippen LogP contribution is -2.40. The topological polar surface area (TPSA) is 113 Å². The zero-order valence-electron chi connectivity index (χ0n) is 11.2. The van der Waals surface area contributed by atoms with Gasteiger partial charge in [0.2, 0.25) is 0 Å². The lowest BCUT2D eigenvalue weighted by Gasteiger charge is -2.23. The highest BCUT2D eigenvalue weighted by molar-refractivity contribution is 5.74. The van der Waals surface area contributed by atoms with Crippen LogP contribution in [0.3, 0.4) is 0 Å². The van der Waals surface area contributed by atoms with Gasteiger partial charge in [0.25, 0.3) is 0 Å². The van der Waals surface area contributed by atoms with Gasteiger partial charge < -0.3 is 15.3 Å². The molecule has 0 aliphatic rings. The average Bonchev–Trinajstić information content (AvgIpc) is 2.39. The van der Waals surface area contributed by atoms with E-state index in [1.165, 1.54) is 0 Å². The van der Waals surface area contributed by atoms with Crippen molar-refractivity contribution in [3.63, 3.8) is 0 Å². The van der Waals surface area contributed by atoms with Crippen LogP contribution in [0.2, 0.25) is 0 Å². The van der Waals surface area contributed by atoms with E-state index in [4.69, 9.17) is 5.11 Å². The Bertz CT molecular complexity index is 279. The molecule has 0 saturated heterocycles. The van der Waals surface area contributed by atoms with Crippen molar-refractivity contribution >= 4 is 11.9 Å². The molecule has 0 aromatic rings. The van der Waals surface area contributed by atoms with Crippen molar-refractivity contribution in [1.29, 1.82) is 0 Å². The maximum absolute atomic E-state index is 11.7. The van der Waals surface area contributed by atoms with Gasteiger partial charge in [0.1, 0.15) is 6.10 Å². The summed E-state index contributed by atoms with van der Waals surface area (Å²) in [6, 6.07) is 0. The number of carbonyl (C=O) groups is 2. The lowest BCUT2D eigenvalue weighted by molar-refractivity contribution is -0.263. The van der Waals surface area contributed by atoms with Crippen molar-refractivity contribution in [2.24, 2.45) is 5.92 Å². The van der Waals surface area contributed by atoms with Crippen molar-refractivity contribution in [2.75, 3.05) is 6.61 Å². The van der Waals surface area contributed by atoms with E-state index in [2.05, 4.69) is 9.78 Å². The van der Waals surface area contributed by atoms with Crippen LogP contribution in [0.25, 0.3) is 0 Å². The summed E-state index contributed by atoms with van der Waals surface area (Å²) in [5, 5.41) is 27.9. The fourth-order valence-corrected chi connectivity index (χ4v) is 1.58. The van der Waals surface area contributed by atoms with Gasteiger partial charge in [0.05, 0.1) is 18.6 Å². The smallest absolute Gasteiger partial charge is 0.361 e. The van der Waals surface area contributed by atoms with Crippen molar-refractivity contribution in [2.45, 2.75) is 51.7 Å². The average molecular weight is 278 g/mol. The summed E-state index contributed by atoms with van der Waals surface area (Å²) < 4.78 is 0. The SMILES string of the molecule is CCCCCC(C(=O)OOC(C)=O)C(O)C(O)CO. The van der Waals surface area contributed by atoms with E-state index < -0.39 is 36.7 Å². The normalized spacial score (nSPS) is 15.4. The molecule has 3 N–H and O–H groups in total. The second-order valence-corrected chi connectivity index (χ2v) is 4.32. The largest absolute Gasteiger partial charge is 0.394 e. The second-order valence-electron chi connectivity index (χ2n) is 4.32. The number of rotatable bonds is 8. The number of aliphatic hydroxyl groups excluding tert-OH is 3. The number of hydrogen-bond donors (Lipinski definition) is 3. The van der Waals surface area contributed by atoms with E-state index in [0.29, 0.717) is 6.42 Å². The summed E-state index contributed by atoms with van der Waals surface area (Å²) in [5.74, 6) is -2.78. The van der Waals surface area contributed by atoms with Gasteiger partial charge in [-0.1, -0.05) is 26.2 Å². The second kappa shape index (κ2) is 9.71. The summed E-state index contributed by atoms with van der Waals surface area (Å²) in [5.41, 5.74) is 0. The van der Waals surface area contributed by atoms with E-state index in [0.717, 1.165) is 19.8 Å². The zero-order chi connectivity index (χ0) is 14.8. The van der Waals surface area contributed by atoms with Gasteiger partial charge in [-0.2, -0.15) is 0 Å². The van der Waals surface area contributed by atoms with Crippen LogP contribution in [0.4, 0.5) is 0 Å². The molecule has 19 heavy (non-hydrogen) atoms. The molecule has 0 aliphatic carbocycles. The third-order valence-electron chi connectivity index (χ3n) is 2.66. The first-order valence-electron chi connectivity index (χ1n) is 6.29. The molecule has 0 bridgehead atoms. The van der Waals surface area contributed by atoms with Crippen LogP contribution in [0, 0.1) is 5.92 Å². The predicted octanol–water partition coefficient (Wildman–Crippen LogP) is -0.0817. The van der Waals surface area contributed by atoms with Crippen molar-refractivity contribution < 1.29 is 34.7 Å². The van der Waals surface area contributed by atoms with Crippen LogP contribution in [0.5, 0.6) is 0 Å². The highest BCUT2D eigenvalue weighted by atomic mass is 17.2. The van der Waals surface area contributed by atoms with Gasteiger partial charge in [-0.15, -0.1) is 0 Å². The first-order valence-corrected chi connectivity index (χ1v) is 6.29. The summed E-state index contributed by atoms with van der Waals surface area (Å²) in [7, 11) is 0. The molecular weight excluding hydrogens is 256 g/mol. The Morgan fingerprint density at radius 2 is 1.79 bits per heavy atom. The van der Waals surface area contributed by atoms with E-state index >= 15 is 0 Å². The van der Waals surface area contributed by atoms with Crippen LogP contribution in [0.1, 0.15) is 39.5 Å². The molecule has 0 heterocycles. The van der Waals surface area contributed by atoms with Gasteiger partial charge in [0, 0.05) is 6.92 Å². The summed E-state index contributed by atoms with van der Waals surface area (Å²) in [6.45, 7) is 2.37. The van der Waals surface area contributed by atoms with Crippen LogP contribution < -0.4 is 0 Å². The Kier molecular flexibility index (Phi) is 9.11. The van der Waals surface area contributed by atoms with Crippen molar-refractivity contribution in [1.82, 2.24) is 0 Å². The van der Waals surface area contributed by atoms with Gasteiger partial charge in [-0.25, -0.2) is 19.4 Å². The first kappa shape index (κ1) is 17.8. The Hall–Kier alpha value is -1.18. The molecule has 3 unspecified atom stereocenters. The Balaban J connectivity index is 4.54. The molecule has 0 aliphatic heterocycles. The van der Waals surface area contributed by atoms with Crippen molar-refractivity contribution in [3.05, 3.63) is 0 Å². The maximum atomic E-state index is 11.7. The Labute approximate surface area is 112 Å². The maximum Gasteiger partial charge on any atom is 0.361 e. The molecule has 0 fully saturated rings. The summed E-state index contributed by atoms with van der Waals surface area (Å²) in [6.07, 6.45) is -0.233. The minimum absolute atomic E-state index is 0.270. The third kappa shape index (κ3) is 7.09. The van der Waals surface area contributed by atoms with E-state index in [-0.39, 0.29) is 6.42 Å². The number of unbranched alkanes of at least 4 members (excludes halogenated alkanes) is 2. The first-order chi connectivity index (χ1) is 8.93. The molecule has 7 nitrogen and oxygen atoms in total. The van der Waals surface area contributed by atoms with Crippen LogP contribution in [-0.2, 0) is 19.4 Å². The van der Waals surface area contributed by atoms with Crippen molar-refractivity contribution in [3.8, 4) is 0 Å². The molecule has 0 spiro atoms. The Morgan fingerprint density at radius 1 is 1.16 bits per heavy atom. The molecule has 0 radical (unpaired) electrons. The molecule has 7 heteroatoms. The number of hydrogen-bond acceptors (Lipinski definition) is 7. The molecule has 0 aromatic heterocycles. The van der Waals surface area contributed by atoms with Gasteiger partial charge >= 0.3 is 11.9 Å². The molecule has 0 aromatic carbocycles. The van der Waals surface area contributed by atoms with E-state index in [1.807, 2.05) is 6.92 Å². The summed E-state index contributed by atoms with van der Waals surface area (Å²) >= 11 is 0. The Morgan fingerprint density at radius 3 is 2.26 bits per heavy atom. The minimum atomic E-state index is -1.47. The zero-order valence-corrected chi connectivity index (χ0v) is 11.2. The van der Waals surface area contributed by atoms with E-state index in [1.54, 1.807) is 0 Å². The highest BCUT2D eigenvalue weighted by Crippen LogP contribution is 2.18. The van der Waals surface area contributed by atoms with Gasteiger partial charge in [-0.05, 0) is 6.42 Å². The molecule has 0 saturated carbocycles. The fourth-order valence-electron chi connectivity index (χ4n) is 1.58. The lowest BCUT2D eigenvalue weighted by atomic mass is 9.92. The van der Waals surface area contributed by atoms with Gasteiger partial charge in [-0.3, -0.25) is 0 Å². The number of aliphatic hydroxyl groups is 3. The minimum Gasteiger partial charge on any atom is -0.394 e. The molecule has 0 amide bonds.